The first-order valence-electron chi connectivity index (χ1n) is 10.8. The number of ketones is 1. The molecule has 0 radical (unpaired) electrons. The van der Waals surface area contributed by atoms with E-state index in [0.717, 1.165) is 18.8 Å². The molecule has 0 bridgehead atoms. The number of benzene rings is 2. The Kier molecular flexibility index (Phi) is 6.13. The first kappa shape index (κ1) is 22.1. The van der Waals surface area contributed by atoms with E-state index in [2.05, 4.69) is 23.7 Å². The summed E-state index contributed by atoms with van der Waals surface area (Å²) in [5.74, 6) is -1.81. The number of hydrogen-bond acceptors (Lipinski definition) is 6. The first-order chi connectivity index (χ1) is 16.0. The summed E-state index contributed by atoms with van der Waals surface area (Å²) in [6.07, 6.45) is 3.00. The molecule has 1 fully saturated rings. The van der Waals surface area contributed by atoms with E-state index in [9.17, 15) is 19.8 Å². The van der Waals surface area contributed by atoms with Crippen LogP contribution >= 0.6 is 0 Å². The number of phenolic OH excluding ortho intramolecular Hbond substituents is 1. The molecule has 1 aromatic heterocycles. The van der Waals surface area contributed by atoms with E-state index < -0.39 is 17.7 Å². The third-order valence-corrected chi connectivity index (χ3v) is 5.84. The highest BCUT2D eigenvalue weighted by Crippen LogP contribution is 2.43. The number of aliphatic hydroxyl groups excluding tert-OH is 1. The zero-order chi connectivity index (χ0) is 23.5. The van der Waals surface area contributed by atoms with Crippen LogP contribution in [0.25, 0.3) is 5.76 Å². The lowest BCUT2D eigenvalue weighted by Gasteiger charge is -2.27. The Morgan fingerprint density at radius 1 is 1.00 bits per heavy atom. The number of hydrogen-bond donors (Lipinski definition) is 2. The maximum atomic E-state index is 13.2. The molecule has 1 aliphatic heterocycles. The van der Waals surface area contributed by atoms with Crippen LogP contribution in [0.5, 0.6) is 5.75 Å². The molecule has 4 rings (SSSR count). The monoisotopic (exact) mass is 443 g/mol. The molecule has 7 nitrogen and oxygen atoms in total. The van der Waals surface area contributed by atoms with E-state index >= 15 is 0 Å². The van der Waals surface area contributed by atoms with Gasteiger partial charge in [-0.05, 0) is 67.9 Å². The zero-order valence-corrected chi connectivity index (χ0v) is 18.5. The van der Waals surface area contributed by atoms with Crippen molar-refractivity contribution < 1.29 is 19.8 Å². The van der Waals surface area contributed by atoms with Gasteiger partial charge in [-0.15, -0.1) is 0 Å². The lowest BCUT2D eigenvalue weighted by atomic mass is 9.95. The van der Waals surface area contributed by atoms with Crippen molar-refractivity contribution in [3.8, 4) is 5.75 Å². The van der Waals surface area contributed by atoms with Crippen molar-refractivity contribution in [2.45, 2.75) is 19.9 Å². The van der Waals surface area contributed by atoms with Crippen LogP contribution in [0.4, 0.5) is 11.4 Å². The Hall–Kier alpha value is -4.13. The summed E-state index contributed by atoms with van der Waals surface area (Å²) < 4.78 is 0. The van der Waals surface area contributed by atoms with E-state index in [0.29, 0.717) is 16.8 Å². The molecule has 2 N–H and O–H groups in total. The second-order valence-electron chi connectivity index (χ2n) is 7.69. The molecule has 33 heavy (non-hydrogen) atoms. The number of phenols is 1. The number of carbonyl (C=O) groups excluding carboxylic acids is 2. The Morgan fingerprint density at radius 2 is 1.67 bits per heavy atom. The zero-order valence-electron chi connectivity index (χ0n) is 18.5. The summed E-state index contributed by atoms with van der Waals surface area (Å²) in [6, 6.07) is 16.0. The molecule has 2 heterocycles. The van der Waals surface area contributed by atoms with E-state index in [1.807, 2.05) is 12.1 Å². The number of Topliss-reactive ketones (excluding diaryl/α,β-unsaturated/α-hetero) is 1. The molecule has 1 amide bonds. The van der Waals surface area contributed by atoms with Crippen molar-refractivity contribution in [3.05, 3.63) is 89.8 Å². The molecule has 0 spiro atoms. The topological polar surface area (TPSA) is 94.0 Å². The molecular formula is C26H25N3O4. The number of amides is 1. The number of rotatable bonds is 6. The highest BCUT2D eigenvalue weighted by atomic mass is 16.3. The van der Waals surface area contributed by atoms with Crippen LogP contribution in [0.15, 0.2) is 78.6 Å². The van der Waals surface area contributed by atoms with Gasteiger partial charge in [0.2, 0.25) is 0 Å². The van der Waals surface area contributed by atoms with Gasteiger partial charge in [0.25, 0.3) is 11.7 Å². The predicted octanol–water partition coefficient (Wildman–Crippen LogP) is 4.26. The van der Waals surface area contributed by atoms with Gasteiger partial charge in [0.05, 0.1) is 11.6 Å². The molecule has 168 valence electrons. The maximum absolute atomic E-state index is 13.2. The van der Waals surface area contributed by atoms with Crippen molar-refractivity contribution in [2.75, 3.05) is 22.9 Å². The molecule has 0 aliphatic carbocycles. The summed E-state index contributed by atoms with van der Waals surface area (Å²) in [6.45, 7) is 5.82. The van der Waals surface area contributed by atoms with Crippen molar-refractivity contribution in [3.63, 3.8) is 0 Å². The number of carbonyl (C=O) groups is 2. The fourth-order valence-electron chi connectivity index (χ4n) is 4.19. The first-order valence-corrected chi connectivity index (χ1v) is 10.8. The number of aromatic hydroxyl groups is 1. The average molecular weight is 444 g/mol. The molecule has 1 atom stereocenters. The molecule has 2 aromatic carbocycles. The summed E-state index contributed by atoms with van der Waals surface area (Å²) >= 11 is 0. The highest BCUT2D eigenvalue weighted by molar-refractivity contribution is 6.51. The van der Waals surface area contributed by atoms with E-state index in [1.165, 1.54) is 29.4 Å². The van der Waals surface area contributed by atoms with Gasteiger partial charge in [0.15, 0.2) is 0 Å². The van der Waals surface area contributed by atoms with Crippen molar-refractivity contribution in [1.82, 2.24) is 4.98 Å². The van der Waals surface area contributed by atoms with E-state index in [4.69, 9.17) is 0 Å². The van der Waals surface area contributed by atoms with Crippen LogP contribution in [0.2, 0.25) is 0 Å². The largest absolute Gasteiger partial charge is 0.508 e. The van der Waals surface area contributed by atoms with E-state index in [-0.39, 0.29) is 17.1 Å². The molecule has 3 aromatic rings. The summed E-state index contributed by atoms with van der Waals surface area (Å²) in [5.41, 5.74) is 2.38. The van der Waals surface area contributed by atoms with Crippen LogP contribution < -0.4 is 9.80 Å². The minimum atomic E-state index is -0.899. The lowest BCUT2D eigenvalue weighted by Crippen LogP contribution is -2.29. The van der Waals surface area contributed by atoms with Gasteiger partial charge in [-0.1, -0.05) is 12.1 Å². The fourth-order valence-corrected chi connectivity index (χ4v) is 4.19. The summed E-state index contributed by atoms with van der Waals surface area (Å²) in [5, 5.41) is 21.1. The molecular weight excluding hydrogens is 418 g/mol. The van der Waals surface area contributed by atoms with E-state index in [1.54, 1.807) is 36.4 Å². The molecule has 7 heteroatoms. The number of aliphatic hydroxyl groups is 1. The maximum Gasteiger partial charge on any atom is 0.300 e. The Balaban J connectivity index is 1.87. The number of anilines is 2. The number of nitrogens with zero attached hydrogens (tertiary/aromatic N) is 3. The van der Waals surface area contributed by atoms with Crippen LogP contribution in [-0.2, 0) is 9.59 Å². The van der Waals surface area contributed by atoms with Crippen molar-refractivity contribution in [1.29, 1.82) is 0 Å². The average Bonchev–Trinajstić information content (AvgIpc) is 3.11. The third kappa shape index (κ3) is 4.05. The SMILES string of the molecule is CCN(CC)c1ccc(N2C(=O)C(=O)/C(=C(\O)c3ccncc3)C2c2cccc(O)c2)cc1. The molecule has 1 saturated heterocycles. The van der Waals surface area contributed by atoms with Gasteiger partial charge >= 0.3 is 0 Å². The predicted molar refractivity (Wildman–Crippen MR) is 127 cm³/mol. The second kappa shape index (κ2) is 9.16. The second-order valence-corrected chi connectivity index (χ2v) is 7.69. The fraction of sp³-hybridized carbons (Fsp3) is 0.192. The van der Waals surface area contributed by atoms with Crippen LogP contribution in [-0.4, -0.2) is 40.0 Å². The molecule has 0 saturated carbocycles. The normalized spacial score (nSPS) is 17.4. The van der Waals surface area contributed by atoms with Gasteiger partial charge in [0, 0.05) is 42.4 Å². The Bertz CT molecular complexity index is 1200. The highest BCUT2D eigenvalue weighted by Gasteiger charge is 2.47. The standard InChI is InChI=1S/C26H25N3O4/c1-3-28(4-2)19-8-10-20(11-9-19)29-23(18-6-5-7-21(30)16-18)22(25(32)26(29)33)24(31)17-12-14-27-15-13-17/h5-16,23,30-31H,3-4H2,1-2H3/b24-22-. The minimum Gasteiger partial charge on any atom is -0.508 e. The smallest absolute Gasteiger partial charge is 0.300 e. The third-order valence-electron chi connectivity index (χ3n) is 5.84. The number of aromatic nitrogens is 1. The Labute approximate surface area is 192 Å². The molecule has 1 unspecified atom stereocenters. The van der Waals surface area contributed by atoms with Gasteiger partial charge in [0.1, 0.15) is 11.5 Å². The van der Waals surface area contributed by atoms with Crippen molar-refractivity contribution in [2.24, 2.45) is 0 Å². The van der Waals surface area contributed by atoms with Gasteiger partial charge in [-0.2, -0.15) is 0 Å². The van der Waals surface area contributed by atoms with Crippen LogP contribution in [0.1, 0.15) is 31.0 Å². The van der Waals surface area contributed by atoms with Crippen molar-refractivity contribution >= 4 is 28.8 Å². The van der Waals surface area contributed by atoms with Crippen LogP contribution in [0.3, 0.4) is 0 Å². The van der Waals surface area contributed by atoms with Gasteiger partial charge in [-0.25, -0.2) is 0 Å². The van der Waals surface area contributed by atoms with Gasteiger partial charge < -0.3 is 15.1 Å². The molecule has 1 aliphatic rings. The summed E-state index contributed by atoms with van der Waals surface area (Å²) in [7, 11) is 0. The minimum absolute atomic E-state index is 0.00104. The summed E-state index contributed by atoms with van der Waals surface area (Å²) in [4.78, 5) is 33.8. The quantitative estimate of drug-likeness (QED) is 0.336. The van der Waals surface area contributed by atoms with Gasteiger partial charge in [-0.3, -0.25) is 19.5 Å². The number of pyridine rings is 1. The lowest BCUT2D eigenvalue weighted by molar-refractivity contribution is -0.132. The Morgan fingerprint density at radius 3 is 2.27 bits per heavy atom. The van der Waals surface area contributed by atoms with Crippen LogP contribution in [0, 0.1) is 0 Å².